The average molecular weight is 542 g/mol. The van der Waals surface area contributed by atoms with Crippen LogP contribution in [0, 0.1) is 25.2 Å². The standard InChI is InChI=1S/C30H27N3O5S/c1-18-10-6-8-12-22(18)32-28(34)21(17-31)30-33(23-13-9-7-11-19(23)2)29(35)27(39-30)15-20-14-25(37-4)26(38-5)16-24(20)36-3/h6-16H,1-5H3,(H,32,34)/b27-15+,30-21-. The number of aromatic nitrogens is 1. The van der Waals surface area contributed by atoms with Crippen LogP contribution < -0.4 is 34.3 Å². The number of hydrogen-bond donors (Lipinski definition) is 1. The Bertz CT molecular complexity index is 1780. The fourth-order valence-corrected chi connectivity index (χ4v) is 5.17. The molecular weight excluding hydrogens is 514 g/mol. The van der Waals surface area contributed by atoms with Crippen LogP contribution in [0.15, 0.2) is 65.5 Å². The van der Waals surface area contributed by atoms with Gasteiger partial charge in [-0.3, -0.25) is 14.2 Å². The van der Waals surface area contributed by atoms with Crippen molar-refractivity contribution >= 4 is 34.6 Å². The summed E-state index contributed by atoms with van der Waals surface area (Å²) >= 11 is 1.05. The highest BCUT2D eigenvalue weighted by atomic mass is 32.1. The summed E-state index contributed by atoms with van der Waals surface area (Å²) in [6.07, 6.45) is 1.65. The minimum Gasteiger partial charge on any atom is -0.496 e. The number of carbonyl (C=O) groups excluding carboxylic acids is 1. The molecule has 0 atom stereocenters. The molecule has 3 aromatic carbocycles. The van der Waals surface area contributed by atoms with E-state index in [4.69, 9.17) is 14.2 Å². The Morgan fingerprint density at radius 1 is 0.923 bits per heavy atom. The van der Waals surface area contributed by atoms with Gasteiger partial charge in [-0.25, -0.2) is 0 Å². The molecule has 4 aromatic rings. The fourth-order valence-electron chi connectivity index (χ4n) is 4.08. The van der Waals surface area contributed by atoms with Crippen LogP contribution >= 0.6 is 11.3 Å². The second-order valence-corrected chi connectivity index (χ2v) is 9.58. The monoisotopic (exact) mass is 541 g/mol. The zero-order chi connectivity index (χ0) is 28.1. The molecule has 0 fully saturated rings. The third-order valence-electron chi connectivity index (χ3n) is 6.15. The van der Waals surface area contributed by atoms with Gasteiger partial charge in [0.1, 0.15) is 16.5 Å². The Balaban J connectivity index is 2.03. The van der Waals surface area contributed by atoms with Crippen LogP contribution in [0.4, 0.5) is 5.69 Å². The first-order valence-electron chi connectivity index (χ1n) is 11.9. The van der Waals surface area contributed by atoms with Crippen LogP contribution in [0.3, 0.4) is 0 Å². The highest BCUT2D eigenvalue weighted by Gasteiger charge is 2.19. The summed E-state index contributed by atoms with van der Waals surface area (Å²) in [7, 11) is 4.56. The Morgan fingerprint density at radius 3 is 2.15 bits per heavy atom. The number of para-hydroxylation sites is 2. The Hall–Kier alpha value is -4.81. The summed E-state index contributed by atoms with van der Waals surface area (Å²) in [6, 6.07) is 20.0. The quantitative estimate of drug-likeness (QED) is 0.383. The van der Waals surface area contributed by atoms with Crippen LogP contribution in [-0.4, -0.2) is 31.8 Å². The van der Waals surface area contributed by atoms with Gasteiger partial charge in [0.15, 0.2) is 17.1 Å². The van der Waals surface area contributed by atoms with Crippen LogP contribution in [0.5, 0.6) is 17.2 Å². The van der Waals surface area contributed by atoms with Crippen molar-refractivity contribution in [3.8, 4) is 29.0 Å². The van der Waals surface area contributed by atoms with Crippen LogP contribution in [0.25, 0.3) is 17.3 Å². The van der Waals surface area contributed by atoms with Crippen molar-refractivity contribution in [3.05, 3.63) is 96.9 Å². The molecule has 0 bridgehead atoms. The van der Waals surface area contributed by atoms with E-state index in [9.17, 15) is 14.9 Å². The molecule has 0 saturated carbocycles. The highest BCUT2D eigenvalue weighted by molar-refractivity contribution is 7.07. The van der Waals surface area contributed by atoms with Crippen molar-refractivity contribution in [1.29, 1.82) is 5.26 Å². The molecule has 0 unspecified atom stereocenters. The largest absolute Gasteiger partial charge is 0.496 e. The number of anilines is 1. The normalized spacial score (nSPS) is 11.9. The number of nitrogens with one attached hydrogen (secondary N) is 1. The van der Waals surface area contributed by atoms with E-state index in [1.54, 1.807) is 42.5 Å². The maximum Gasteiger partial charge on any atom is 0.273 e. The van der Waals surface area contributed by atoms with Gasteiger partial charge in [-0.05, 0) is 49.2 Å². The molecule has 0 aliphatic carbocycles. The van der Waals surface area contributed by atoms with Gasteiger partial charge in [0, 0.05) is 17.3 Å². The van der Waals surface area contributed by atoms with Gasteiger partial charge in [0.05, 0.1) is 31.5 Å². The van der Waals surface area contributed by atoms with Gasteiger partial charge >= 0.3 is 0 Å². The summed E-state index contributed by atoms with van der Waals surface area (Å²) in [5.41, 5.74) is 2.83. The molecule has 1 aromatic heterocycles. The van der Waals surface area contributed by atoms with Gasteiger partial charge in [0.2, 0.25) is 0 Å². The molecule has 0 aliphatic rings. The summed E-state index contributed by atoms with van der Waals surface area (Å²) in [5, 5.41) is 12.9. The van der Waals surface area contributed by atoms with Gasteiger partial charge in [0.25, 0.3) is 11.5 Å². The lowest BCUT2D eigenvalue weighted by Crippen LogP contribution is -2.32. The number of aryl methyl sites for hydroxylation is 2. The lowest BCUT2D eigenvalue weighted by Gasteiger charge is -2.11. The van der Waals surface area contributed by atoms with Crippen LogP contribution in [-0.2, 0) is 4.79 Å². The number of thiazole rings is 1. The Labute approximate surface area is 229 Å². The molecule has 0 saturated heterocycles. The van der Waals surface area contributed by atoms with E-state index >= 15 is 0 Å². The minimum atomic E-state index is -0.606. The first-order valence-corrected chi connectivity index (χ1v) is 12.8. The molecule has 1 amide bonds. The number of amides is 1. The van der Waals surface area contributed by atoms with Crippen molar-refractivity contribution in [2.45, 2.75) is 13.8 Å². The average Bonchev–Trinajstić information content (AvgIpc) is 3.25. The van der Waals surface area contributed by atoms with Gasteiger partial charge < -0.3 is 19.5 Å². The lowest BCUT2D eigenvalue weighted by molar-refractivity contribution is -0.111. The number of nitriles is 1. The molecule has 198 valence electrons. The number of methoxy groups -OCH3 is 3. The minimum absolute atomic E-state index is 0.178. The Kier molecular flexibility index (Phi) is 8.18. The number of rotatable bonds is 7. The number of carbonyl (C=O) groups is 1. The summed E-state index contributed by atoms with van der Waals surface area (Å²) in [4.78, 5) is 27.2. The number of benzene rings is 3. The van der Waals surface area contributed by atoms with Crippen molar-refractivity contribution in [2.75, 3.05) is 26.6 Å². The van der Waals surface area contributed by atoms with Gasteiger partial charge in [-0.1, -0.05) is 36.4 Å². The molecule has 39 heavy (non-hydrogen) atoms. The predicted molar refractivity (Wildman–Crippen MR) is 152 cm³/mol. The molecule has 0 spiro atoms. The summed E-state index contributed by atoms with van der Waals surface area (Å²) in [5.74, 6) is 0.794. The van der Waals surface area contributed by atoms with E-state index in [1.807, 2.05) is 44.2 Å². The van der Waals surface area contributed by atoms with Crippen molar-refractivity contribution in [3.63, 3.8) is 0 Å². The van der Waals surface area contributed by atoms with E-state index in [-0.39, 0.29) is 15.8 Å². The van der Waals surface area contributed by atoms with Crippen molar-refractivity contribution < 1.29 is 19.0 Å². The van der Waals surface area contributed by atoms with Gasteiger partial charge in [-0.15, -0.1) is 11.3 Å². The fraction of sp³-hybridized carbons (Fsp3) is 0.167. The molecule has 0 aliphatic heterocycles. The van der Waals surface area contributed by atoms with E-state index in [1.165, 1.54) is 25.9 Å². The maximum absolute atomic E-state index is 13.9. The molecule has 8 nitrogen and oxygen atoms in total. The first kappa shape index (κ1) is 27.2. The van der Waals surface area contributed by atoms with E-state index < -0.39 is 5.91 Å². The first-order chi connectivity index (χ1) is 18.8. The number of nitrogens with zero attached hydrogens (tertiary/aromatic N) is 2. The number of ether oxygens (including phenoxy) is 3. The second-order valence-electron chi connectivity index (χ2n) is 8.55. The SMILES string of the molecule is COc1cc(OC)c(OC)cc1/C=c1/s/c(=C(/C#N)C(=O)Nc2ccccc2C)n(-c2ccccc2C)c1=O. The summed E-state index contributed by atoms with van der Waals surface area (Å²) < 4.78 is 18.3. The second kappa shape index (κ2) is 11.7. The Morgan fingerprint density at radius 2 is 1.54 bits per heavy atom. The molecular formula is C30H27N3O5S. The highest BCUT2D eigenvalue weighted by Crippen LogP contribution is 2.34. The smallest absolute Gasteiger partial charge is 0.273 e. The van der Waals surface area contributed by atoms with E-state index in [2.05, 4.69) is 5.32 Å². The molecule has 0 radical (unpaired) electrons. The topological polar surface area (TPSA) is 103 Å². The number of hydrogen-bond acceptors (Lipinski definition) is 7. The predicted octanol–water partition coefficient (Wildman–Crippen LogP) is 3.68. The molecule has 1 heterocycles. The van der Waals surface area contributed by atoms with E-state index in [0.29, 0.717) is 38.7 Å². The van der Waals surface area contributed by atoms with Crippen molar-refractivity contribution in [1.82, 2.24) is 4.57 Å². The lowest BCUT2D eigenvalue weighted by atomic mass is 10.1. The maximum atomic E-state index is 13.9. The van der Waals surface area contributed by atoms with Gasteiger partial charge in [-0.2, -0.15) is 5.26 Å². The molecule has 9 heteroatoms. The van der Waals surface area contributed by atoms with Crippen LogP contribution in [0.1, 0.15) is 16.7 Å². The van der Waals surface area contributed by atoms with E-state index in [0.717, 1.165) is 22.5 Å². The zero-order valence-electron chi connectivity index (χ0n) is 22.2. The zero-order valence-corrected chi connectivity index (χ0v) is 23.0. The summed E-state index contributed by atoms with van der Waals surface area (Å²) in [6.45, 7) is 3.73. The van der Waals surface area contributed by atoms with Crippen LogP contribution in [0.2, 0.25) is 0 Å². The third-order valence-corrected chi connectivity index (χ3v) is 7.24. The molecule has 1 N–H and O–H groups in total. The molecule has 4 rings (SSSR count). The van der Waals surface area contributed by atoms with Crippen molar-refractivity contribution in [2.24, 2.45) is 0 Å². The third kappa shape index (κ3) is 5.42.